The fourth-order valence-corrected chi connectivity index (χ4v) is 2.07. The molecule has 0 spiro atoms. The predicted molar refractivity (Wildman–Crippen MR) is 77.7 cm³/mol. The fraction of sp³-hybridized carbons (Fsp3) is 0.625. The SMILES string of the molecule is CC(C)CC(CO)NCc1ccc(C(C)C)cc1. The van der Waals surface area contributed by atoms with Gasteiger partial charge in [0.2, 0.25) is 0 Å². The summed E-state index contributed by atoms with van der Waals surface area (Å²) < 4.78 is 0. The quantitative estimate of drug-likeness (QED) is 0.777. The van der Waals surface area contributed by atoms with E-state index < -0.39 is 0 Å². The van der Waals surface area contributed by atoms with Crippen LogP contribution in [0.25, 0.3) is 0 Å². The number of aliphatic hydroxyl groups is 1. The number of hydrogen-bond donors (Lipinski definition) is 2. The van der Waals surface area contributed by atoms with Crippen LogP contribution < -0.4 is 5.32 Å². The molecule has 0 bridgehead atoms. The van der Waals surface area contributed by atoms with Crippen molar-refractivity contribution in [2.24, 2.45) is 5.92 Å². The van der Waals surface area contributed by atoms with Crippen LogP contribution in [-0.4, -0.2) is 17.8 Å². The molecule has 2 nitrogen and oxygen atoms in total. The molecule has 0 aliphatic carbocycles. The molecule has 102 valence electrons. The van der Waals surface area contributed by atoms with Gasteiger partial charge in [0.15, 0.2) is 0 Å². The molecule has 0 aliphatic rings. The van der Waals surface area contributed by atoms with Crippen LogP contribution in [0.5, 0.6) is 0 Å². The van der Waals surface area contributed by atoms with E-state index >= 15 is 0 Å². The summed E-state index contributed by atoms with van der Waals surface area (Å²) in [7, 11) is 0. The summed E-state index contributed by atoms with van der Waals surface area (Å²) >= 11 is 0. The maximum atomic E-state index is 9.31. The molecule has 1 aromatic rings. The minimum atomic E-state index is 0.203. The third-order valence-electron chi connectivity index (χ3n) is 3.22. The van der Waals surface area contributed by atoms with Crippen LogP contribution in [0.1, 0.15) is 51.2 Å². The molecule has 1 atom stereocenters. The van der Waals surface area contributed by atoms with Crippen LogP contribution >= 0.6 is 0 Å². The van der Waals surface area contributed by atoms with Gasteiger partial charge in [-0.25, -0.2) is 0 Å². The van der Waals surface area contributed by atoms with Gasteiger partial charge < -0.3 is 10.4 Å². The molecule has 0 radical (unpaired) electrons. The predicted octanol–water partition coefficient (Wildman–Crippen LogP) is 3.31. The first-order valence-electron chi connectivity index (χ1n) is 6.96. The summed E-state index contributed by atoms with van der Waals surface area (Å²) in [5.74, 6) is 1.19. The van der Waals surface area contributed by atoms with Crippen molar-refractivity contribution in [1.29, 1.82) is 0 Å². The van der Waals surface area contributed by atoms with Gasteiger partial charge in [-0.3, -0.25) is 0 Å². The monoisotopic (exact) mass is 249 g/mol. The zero-order valence-corrected chi connectivity index (χ0v) is 12.1. The van der Waals surface area contributed by atoms with Gasteiger partial charge in [-0.2, -0.15) is 0 Å². The lowest BCUT2D eigenvalue weighted by Crippen LogP contribution is -2.33. The van der Waals surface area contributed by atoms with Gasteiger partial charge in [0.05, 0.1) is 6.61 Å². The minimum absolute atomic E-state index is 0.203. The van der Waals surface area contributed by atoms with Crippen molar-refractivity contribution in [3.8, 4) is 0 Å². The summed E-state index contributed by atoms with van der Waals surface area (Å²) in [5.41, 5.74) is 2.65. The third-order valence-corrected chi connectivity index (χ3v) is 3.22. The van der Waals surface area contributed by atoms with Crippen LogP contribution in [0.4, 0.5) is 0 Å². The Labute approximate surface area is 111 Å². The van der Waals surface area contributed by atoms with E-state index in [0.717, 1.165) is 13.0 Å². The molecule has 0 aromatic heterocycles. The topological polar surface area (TPSA) is 32.3 Å². The maximum absolute atomic E-state index is 9.31. The molecular weight excluding hydrogens is 222 g/mol. The van der Waals surface area contributed by atoms with Crippen molar-refractivity contribution < 1.29 is 5.11 Å². The molecule has 0 heterocycles. The van der Waals surface area contributed by atoms with E-state index in [1.165, 1.54) is 11.1 Å². The molecule has 0 amide bonds. The van der Waals surface area contributed by atoms with Gasteiger partial charge in [-0.05, 0) is 29.4 Å². The average molecular weight is 249 g/mol. The molecule has 2 N–H and O–H groups in total. The summed E-state index contributed by atoms with van der Waals surface area (Å²) in [6, 6.07) is 8.93. The number of rotatable bonds is 7. The Hall–Kier alpha value is -0.860. The van der Waals surface area contributed by atoms with Crippen molar-refractivity contribution in [3.63, 3.8) is 0 Å². The molecule has 18 heavy (non-hydrogen) atoms. The van der Waals surface area contributed by atoms with Crippen molar-refractivity contribution in [1.82, 2.24) is 5.32 Å². The molecule has 1 aromatic carbocycles. The van der Waals surface area contributed by atoms with E-state index in [1.807, 2.05) is 0 Å². The first-order chi connectivity index (χ1) is 8.52. The highest BCUT2D eigenvalue weighted by Gasteiger charge is 2.09. The Balaban J connectivity index is 2.47. The van der Waals surface area contributed by atoms with Gasteiger partial charge in [0.1, 0.15) is 0 Å². The third kappa shape index (κ3) is 5.19. The Morgan fingerprint density at radius 2 is 1.67 bits per heavy atom. The summed E-state index contributed by atoms with van der Waals surface area (Å²) in [4.78, 5) is 0. The molecule has 1 unspecified atom stereocenters. The van der Waals surface area contributed by atoms with Crippen molar-refractivity contribution in [2.45, 2.75) is 52.6 Å². The average Bonchev–Trinajstić information content (AvgIpc) is 2.34. The smallest absolute Gasteiger partial charge is 0.0584 e. The molecule has 0 aliphatic heterocycles. The van der Waals surface area contributed by atoms with Crippen LogP contribution in [0, 0.1) is 5.92 Å². The van der Waals surface area contributed by atoms with E-state index in [-0.39, 0.29) is 12.6 Å². The van der Waals surface area contributed by atoms with Gasteiger partial charge in [0, 0.05) is 12.6 Å². The highest BCUT2D eigenvalue weighted by molar-refractivity contribution is 5.24. The van der Waals surface area contributed by atoms with Crippen LogP contribution in [-0.2, 0) is 6.54 Å². The lowest BCUT2D eigenvalue weighted by Gasteiger charge is -2.18. The summed E-state index contributed by atoms with van der Waals surface area (Å²) in [5, 5.41) is 12.7. The van der Waals surface area contributed by atoms with Crippen molar-refractivity contribution in [2.75, 3.05) is 6.61 Å². The number of benzene rings is 1. The van der Waals surface area contributed by atoms with Crippen LogP contribution in [0.15, 0.2) is 24.3 Å². The first-order valence-corrected chi connectivity index (χ1v) is 6.96. The molecule has 0 fully saturated rings. The molecule has 2 heteroatoms. The Morgan fingerprint density at radius 3 is 2.11 bits per heavy atom. The zero-order chi connectivity index (χ0) is 13.5. The zero-order valence-electron chi connectivity index (χ0n) is 12.1. The second-order valence-electron chi connectivity index (χ2n) is 5.79. The highest BCUT2D eigenvalue weighted by atomic mass is 16.3. The molecule has 0 saturated carbocycles. The maximum Gasteiger partial charge on any atom is 0.0584 e. The molecule has 0 saturated heterocycles. The first kappa shape index (κ1) is 15.2. The van der Waals surface area contributed by atoms with Crippen molar-refractivity contribution >= 4 is 0 Å². The van der Waals surface area contributed by atoms with E-state index in [1.54, 1.807) is 0 Å². The van der Waals surface area contributed by atoms with Gasteiger partial charge in [-0.1, -0.05) is 52.0 Å². The fourth-order valence-electron chi connectivity index (χ4n) is 2.07. The number of hydrogen-bond acceptors (Lipinski definition) is 2. The number of aliphatic hydroxyl groups excluding tert-OH is 1. The summed E-state index contributed by atoms with van der Waals surface area (Å²) in [6.45, 7) is 9.82. The van der Waals surface area contributed by atoms with Gasteiger partial charge in [-0.15, -0.1) is 0 Å². The second kappa shape index (κ2) is 7.55. The Morgan fingerprint density at radius 1 is 1.06 bits per heavy atom. The highest BCUT2D eigenvalue weighted by Crippen LogP contribution is 2.14. The van der Waals surface area contributed by atoms with Gasteiger partial charge in [0.25, 0.3) is 0 Å². The van der Waals surface area contributed by atoms with E-state index in [2.05, 4.69) is 57.3 Å². The van der Waals surface area contributed by atoms with Crippen molar-refractivity contribution in [3.05, 3.63) is 35.4 Å². The van der Waals surface area contributed by atoms with Crippen LogP contribution in [0.2, 0.25) is 0 Å². The van der Waals surface area contributed by atoms with E-state index in [4.69, 9.17) is 0 Å². The normalized spacial score (nSPS) is 13.3. The minimum Gasteiger partial charge on any atom is -0.395 e. The standard InChI is InChI=1S/C16H27NO/c1-12(2)9-16(11-18)17-10-14-5-7-15(8-6-14)13(3)4/h5-8,12-13,16-18H,9-11H2,1-4H3. The van der Waals surface area contributed by atoms with Gasteiger partial charge >= 0.3 is 0 Å². The van der Waals surface area contributed by atoms with Crippen LogP contribution in [0.3, 0.4) is 0 Å². The lowest BCUT2D eigenvalue weighted by atomic mass is 10.0. The lowest BCUT2D eigenvalue weighted by molar-refractivity contribution is 0.223. The Bertz CT molecular complexity index is 329. The second-order valence-corrected chi connectivity index (χ2v) is 5.79. The largest absolute Gasteiger partial charge is 0.395 e. The van der Waals surface area contributed by atoms with E-state index in [0.29, 0.717) is 11.8 Å². The van der Waals surface area contributed by atoms with E-state index in [9.17, 15) is 5.11 Å². The number of nitrogens with one attached hydrogen (secondary N) is 1. The summed E-state index contributed by atoms with van der Waals surface area (Å²) in [6.07, 6.45) is 1.01. The Kier molecular flexibility index (Phi) is 6.37. The molecule has 1 rings (SSSR count). The molecular formula is C16H27NO.